The third-order valence-corrected chi connectivity index (χ3v) is 4.83. The number of sulfone groups is 1. The molecule has 2 unspecified atom stereocenters. The van der Waals surface area contributed by atoms with Crippen LogP contribution in [-0.4, -0.2) is 26.5 Å². The molecule has 1 rings (SSSR count). The molecule has 0 aliphatic rings. The normalized spacial score (nSPS) is 15.4. The summed E-state index contributed by atoms with van der Waals surface area (Å²) >= 11 is 6.02. The second-order valence-corrected chi connectivity index (χ2v) is 7.05. The first-order chi connectivity index (χ1) is 8.27. The van der Waals surface area contributed by atoms with Crippen LogP contribution in [0.3, 0.4) is 0 Å². The van der Waals surface area contributed by atoms with E-state index >= 15 is 0 Å². The molecule has 1 N–H and O–H groups in total. The van der Waals surface area contributed by atoms with Crippen molar-refractivity contribution >= 4 is 21.4 Å². The molecule has 0 saturated heterocycles. The van der Waals surface area contributed by atoms with Crippen molar-refractivity contribution in [3.05, 3.63) is 34.6 Å². The van der Waals surface area contributed by atoms with Crippen LogP contribution < -0.4 is 5.32 Å². The zero-order chi connectivity index (χ0) is 13.9. The van der Waals surface area contributed by atoms with E-state index in [9.17, 15) is 12.8 Å². The standard InChI is InChI=1S/C12H17ClFNO2S/c1-4-15-12(8(2)18(3,16)17)10-7-9(14)5-6-11(10)13/h5-8,12,15H,4H2,1-3H3. The van der Waals surface area contributed by atoms with Crippen molar-refractivity contribution in [3.8, 4) is 0 Å². The van der Waals surface area contributed by atoms with Gasteiger partial charge in [0.25, 0.3) is 0 Å². The molecule has 0 aromatic heterocycles. The van der Waals surface area contributed by atoms with Crippen molar-refractivity contribution in [3.63, 3.8) is 0 Å². The summed E-state index contributed by atoms with van der Waals surface area (Å²) in [4.78, 5) is 0. The van der Waals surface area contributed by atoms with E-state index in [-0.39, 0.29) is 0 Å². The fourth-order valence-electron chi connectivity index (χ4n) is 1.75. The van der Waals surface area contributed by atoms with E-state index in [1.54, 1.807) is 6.92 Å². The molecule has 2 atom stereocenters. The Kier molecular flexibility index (Phi) is 5.13. The fraction of sp³-hybridized carbons (Fsp3) is 0.500. The van der Waals surface area contributed by atoms with Crippen molar-refractivity contribution in [2.24, 2.45) is 0 Å². The second kappa shape index (κ2) is 5.99. The van der Waals surface area contributed by atoms with E-state index in [1.807, 2.05) is 6.92 Å². The van der Waals surface area contributed by atoms with E-state index in [0.717, 1.165) is 6.26 Å². The summed E-state index contributed by atoms with van der Waals surface area (Å²) in [5, 5.41) is 2.72. The first kappa shape index (κ1) is 15.4. The highest BCUT2D eigenvalue weighted by atomic mass is 35.5. The highest BCUT2D eigenvalue weighted by molar-refractivity contribution is 7.91. The second-order valence-electron chi connectivity index (χ2n) is 4.24. The molecular formula is C12H17ClFNO2S. The Hall–Kier alpha value is -0.650. The van der Waals surface area contributed by atoms with Crippen LogP contribution in [0.5, 0.6) is 0 Å². The molecule has 0 fully saturated rings. The van der Waals surface area contributed by atoms with Crippen LogP contribution in [0.2, 0.25) is 5.02 Å². The lowest BCUT2D eigenvalue weighted by Crippen LogP contribution is -2.35. The van der Waals surface area contributed by atoms with Gasteiger partial charge in [-0.05, 0) is 37.2 Å². The molecule has 0 aliphatic heterocycles. The summed E-state index contributed by atoms with van der Waals surface area (Å²) in [7, 11) is -3.25. The lowest BCUT2D eigenvalue weighted by Gasteiger charge is -2.24. The average Bonchev–Trinajstić information content (AvgIpc) is 2.27. The summed E-state index contributed by atoms with van der Waals surface area (Å²) in [5.74, 6) is -0.432. The van der Waals surface area contributed by atoms with Crippen molar-refractivity contribution < 1.29 is 12.8 Å². The van der Waals surface area contributed by atoms with Gasteiger partial charge >= 0.3 is 0 Å². The molecule has 0 radical (unpaired) electrons. The largest absolute Gasteiger partial charge is 0.309 e. The van der Waals surface area contributed by atoms with Crippen molar-refractivity contribution in [2.75, 3.05) is 12.8 Å². The topological polar surface area (TPSA) is 46.2 Å². The molecule has 0 spiro atoms. The first-order valence-corrected chi connectivity index (χ1v) is 7.97. The lowest BCUT2D eigenvalue weighted by atomic mass is 10.0. The van der Waals surface area contributed by atoms with Crippen LogP contribution in [0.25, 0.3) is 0 Å². The summed E-state index contributed by atoms with van der Waals surface area (Å²) < 4.78 is 36.6. The molecular weight excluding hydrogens is 277 g/mol. The summed E-state index contributed by atoms with van der Waals surface area (Å²) in [6.45, 7) is 4.01. The smallest absolute Gasteiger partial charge is 0.151 e. The fourth-order valence-corrected chi connectivity index (χ4v) is 2.72. The summed E-state index contributed by atoms with van der Waals surface area (Å²) in [6, 6.07) is 3.44. The number of nitrogens with one attached hydrogen (secondary N) is 1. The van der Waals surface area contributed by atoms with E-state index in [0.29, 0.717) is 17.1 Å². The zero-order valence-corrected chi connectivity index (χ0v) is 12.1. The Labute approximate surface area is 112 Å². The lowest BCUT2D eigenvalue weighted by molar-refractivity contribution is 0.509. The molecule has 0 saturated carbocycles. The summed E-state index contributed by atoms with van der Waals surface area (Å²) in [5.41, 5.74) is 0.469. The van der Waals surface area contributed by atoms with Crippen LogP contribution in [0, 0.1) is 5.82 Å². The van der Waals surface area contributed by atoms with E-state index < -0.39 is 26.9 Å². The summed E-state index contributed by atoms with van der Waals surface area (Å²) in [6.07, 6.45) is 1.16. The number of hydrogen-bond donors (Lipinski definition) is 1. The number of benzene rings is 1. The molecule has 0 aliphatic carbocycles. The van der Waals surface area contributed by atoms with Gasteiger partial charge in [0, 0.05) is 11.3 Å². The number of halogens is 2. The predicted molar refractivity (Wildman–Crippen MR) is 72.1 cm³/mol. The van der Waals surface area contributed by atoms with Crippen LogP contribution in [0.15, 0.2) is 18.2 Å². The highest BCUT2D eigenvalue weighted by Crippen LogP contribution is 2.28. The van der Waals surface area contributed by atoms with Gasteiger partial charge in [-0.3, -0.25) is 0 Å². The maximum atomic E-state index is 13.3. The Bertz CT molecular complexity index is 519. The van der Waals surface area contributed by atoms with Gasteiger partial charge in [-0.25, -0.2) is 12.8 Å². The Balaban J connectivity index is 3.23. The van der Waals surface area contributed by atoms with E-state index in [2.05, 4.69) is 5.32 Å². The molecule has 102 valence electrons. The van der Waals surface area contributed by atoms with Gasteiger partial charge in [0.15, 0.2) is 9.84 Å². The van der Waals surface area contributed by atoms with Crippen molar-refractivity contribution in [1.29, 1.82) is 0 Å². The molecule has 18 heavy (non-hydrogen) atoms. The average molecular weight is 294 g/mol. The Morgan fingerprint density at radius 2 is 2.06 bits per heavy atom. The van der Waals surface area contributed by atoms with Crippen molar-refractivity contribution in [2.45, 2.75) is 25.1 Å². The molecule has 0 bridgehead atoms. The van der Waals surface area contributed by atoms with E-state index in [1.165, 1.54) is 18.2 Å². The van der Waals surface area contributed by atoms with Gasteiger partial charge in [-0.2, -0.15) is 0 Å². The van der Waals surface area contributed by atoms with Crippen LogP contribution in [0.1, 0.15) is 25.5 Å². The van der Waals surface area contributed by atoms with Gasteiger partial charge in [0.1, 0.15) is 5.82 Å². The maximum absolute atomic E-state index is 13.3. The van der Waals surface area contributed by atoms with Gasteiger partial charge in [-0.15, -0.1) is 0 Å². The number of rotatable bonds is 5. The minimum atomic E-state index is -3.25. The third-order valence-electron chi connectivity index (χ3n) is 2.86. The molecule has 1 aromatic carbocycles. The van der Waals surface area contributed by atoms with Gasteiger partial charge in [-0.1, -0.05) is 18.5 Å². The third kappa shape index (κ3) is 3.67. The molecule has 0 heterocycles. The minimum absolute atomic E-state index is 0.359. The van der Waals surface area contributed by atoms with E-state index in [4.69, 9.17) is 11.6 Å². The Morgan fingerprint density at radius 3 is 2.56 bits per heavy atom. The maximum Gasteiger partial charge on any atom is 0.151 e. The molecule has 1 aromatic rings. The SMILES string of the molecule is CCNC(c1cc(F)ccc1Cl)C(C)S(C)(=O)=O. The number of hydrogen-bond acceptors (Lipinski definition) is 3. The molecule has 3 nitrogen and oxygen atoms in total. The van der Waals surface area contributed by atoms with Gasteiger partial charge < -0.3 is 5.32 Å². The van der Waals surface area contributed by atoms with Gasteiger partial charge in [0.05, 0.1) is 11.3 Å². The predicted octanol–water partition coefficient (Wildman–Crippen LogP) is 2.56. The molecule has 6 heteroatoms. The quantitative estimate of drug-likeness (QED) is 0.907. The van der Waals surface area contributed by atoms with Gasteiger partial charge in [0.2, 0.25) is 0 Å². The van der Waals surface area contributed by atoms with Crippen molar-refractivity contribution in [1.82, 2.24) is 5.32 Å². The highest BCUT2D eigenvalue weighted by Gasteiger charge is 2.28. The minimum Gasteiger partial charge on any atom is -0.309 e. The van der Waals surface area contributed by atoms with Crippen LogP contribution >= 0.6 is 11.6 Å². The zero-order valence-electron chi connectivity index (χ0n) is 10.6. The Morgan fingerprint density at radius 1 is 1.44 bits per heavy atom. The monoisotopic (exact) mass is 293 g/mol. The first-order valence-electron chi connectivity index (χ1n) is 5.64. The van der Waals surface area contributed by atoms with Crippen LogP contribution in [-0.2, 0) is 9.84 Å². The van der Waals surface area contributed by atoms with Crippen LogP contribution in [0.4, 0.5) is 4.39 Å². The molecule has 0 amide bonds.